The van der Waals surface area contributed by atoms with Crippen LogP contribution >= 0.6 is 0 Å². The van der Waals surface area contributed by atoms with Crippen molar-refractivity contribution >= 4 is 0 Å². The minimum absolute atomic E-state index is 0.342. The summed E-state index contributed by atoms with van der Waals surface area (Å²) in [4.78, 5) is 0. The lowest BCUT2D eigenvalue weighted by atomic mass is 9.94. The van der Waals surface area contributed by atoms with Gasteiger partial charge in [0.2, 0.25) is 0 Å². The molecule has 30 nitrogen and oxygen atoms in total. The van der Waals surface area contributed by atoms with Gasteiger partial charge in [0.1, 0.15) is 146 Å². The summed E-state index contributed by atoms with van der Waals surface area (Å²) in [5, 5.41) is 187. The molecule has 30 heteroatoms. The molecule has 22 saturated heterocycles. The average molecular weight is 1030 g/mol. The van der Waals surface area contributed by atoms with E-state index >= 15 is 0 Å². The summed E-state index contributed by atoms with van der Waals surface area (Å²) in [5.41, 5.74) is 0. The van der Waals surface area contributed by atoms with Crippen molar-refractivity contribution in [1.82, 2.24) is 0 Å². The van der Waals surface area contributed by atoms with Gasteiger partial charge in [-0.15, -0.1) is 0 Å². The molecule has 408 valence electrons. The molecule has 12 bridgehead atoms. The van der Waals surface area contributed by atoms with Crippen molar-refractivity contribution in [1.29, 1.82) is 0 Å². The van der Waals surface area contributed by atoms with Gasteiger partial charge in [0, 0.05) is 0 Å². The van der Waals surface area contributed by atoms with E-state index in [0.717, 1.165) is 0 Å². The number of hydrogen-bond donors (Lipinski definition) is 17. The Hall–Kier alpha value is -1.20. The smallest absolute Gasteiger partial charge is 0.187 e. The third kappa shape index (κ3) is 11.2. The molecule has 0 amide bonds. The Kier molecular flexibility index (Phi) is 19.5. The van der Waals surface area contributed by atoms with Crippen molar-refractivity contribution in [2.75, 3.05) is 39.6 Å². The minimum atomic E-state index is -2.14. The first-order valence-electron chi connectivity index (χ1n) is 23.0. The Balaban J connectivity index is 1.22. The van der Waals surface area contributed by atoms with Crippen molar-refractivity contribution in [3.05, 3.63) is 0 Å². The highest BCUT2D eigenvalue weighted by molar-refractivity contribution is 5.01. The maximum absolute atomic E-state index is 11.8. The van der Waals surface area contributed by atoms with Gasteiger partial charge in [-0.1, -0.05) is 6.92 Å². The van der Waals surface area contributed by atoms with E-state index in [4.69, 9.17) is 61.6 Å². The van der Waals surface area contributed by atoms with Crippen LogP contribution in [0.5, 0.6) is 0 Å². The van der Waals surface area contributed by atoms with Gasteiger partial charge in [-0.3, -0.25) is 0 Å². The van der Waals surface area contributed by atoms with E-state index in [0.29, 0.717) is 6.42 Å². The first-order valence-corrected chi connectivity index (χ1v) is 23.0. The molecular weight excluding hydrogens is 960 g/mol. The number of hydrogen-bond acceptors (Lipinski definition) is 30. The number of rotatable bonds is 9. The normalized spacial score (nSPS) is 53.4. The van der Waals surface area contributed by atoms with Crippen LogP contribution in [0.25, 0.3) is 0 Å². The number of ether oxygens (including phenoxy) is 13. The fraction of sp³-hybridized carbons (Fsp3) is 1.00. The Morgan fingerprint density at radius 3 is 0.714 bits per heavy atom. The second-order valence-corrected chi connectivity index (χ2v) is 18.2. The summed E-state index contributed by atoms with van der Waals surface area (Å²) >= 11 is 0. The highest BCUT2D eigenvalue weighted by Crippen LogP contribution is 2.38. The molecule has 0 radical (unpaired) electrons. The molecular formula is C40H68O30. The Morgan fingerprint density at radius 1 is 0.300 bits per heavy atom. The zero-order valence-corrected chi connectivity index (χ0v) is 37.8. The lowest BCUT2D eigenvalue weighted by Gasteiger charge is -2.51. The van der Waals surface area contributed by atoms with Crippen LogP contribution in [0.3, 0.4) is 0 Å². The molecule has 22 fully saturated rings. The van der Waals surface area contributed by atoms with Gasteiger partial charge in [-0.2, -0.15) is 0 Å². The van der Waals surface area contributed by atoms with Gasteiger partial charge in [-0.05, 0) is 13.3 Å². The van der Waals surface area contributed by atoms with E-state index < -0.39 is 230 Å². The maximum atomic E-state index is 11.8. The molecule has 0 saturated carbocycles. The summed E-state index contributed by atoms with van der Waals surface area (Å²) in [6.45, 7) is -2.47. The molecule has 22 heterocycles. The molecule has 31 atom stereocenters. The number of aliphatic hydroxyl groups excluding tert-OH is 17. The van der Waals surface area contributed by atoms with E-state index in [-0.39, 0.29) is 0 Å². The molecule has 70 heavy (non-hydrogen) atoms. The predicted molar refractivity (Wildman–Crippen MR) is 214 cm³/mol. The summed E-state index contributed by atoms with van der Waals surface area (Å²) < 4.78 is 75.5. The largest absolute Gasteiger partial charge is 0.394 e. The van der Waals surface area contributed by atoms with Crippen LogP contribution in [0.4, 0.5) is 0 Å². The van der Waals surface area contributed by atoms with Gasteiger partial charge in [0.05, 0.1) is 45.7 Å². The van der Waals surface area contributed by atoms with Gasteiger partial charge in [-0.25, -0.2) is 0 Å². The quantitative estimate of drug-likeness (QED) is 0.102. The van der Waals surface area contributed by atoms with Gasteiger partial charge in [0.15, 0.2) is 37.7 Å². The van der Waals surface area contributed by atoms with Gasteiger partial charge in [0.25, 0.3) is 0 Å². The first-order chi connectivity index (χ1) is 33.4. The maximum Gasteiger partial charge on any atom is 0.187 e. The van der Waals surface area contributed by atoms with E-state index in [1.54, 1.807) is 13.8 Å². The SMILES string of the molecule is CCC(C)O[C@@H]1[C@@H](O)[C@H]2O[C@H]3[C@H](O)[C@@H](O)[C@@H](O[C@H]4[C@H](O)[C@@H](O)[C@@H](O[C@H]5[C@H](O)[C@@H](O)[C@@H](O[C@H]6[C@H](O)[C@@H](O)[C@@H](O[C@H]7[C@H](O)[C@@H](O)[C@@H](O[C@H]1[C@@H](CO)O2)O[C@@H]7CO)O[C@@H]6CO)O[C@@H]5CO)O[C@@H]4CO)O[C@@H]3CO. The van der Waals surface area contributed by atoms with Crippen molar-refractivity contribution in [2.24, 2.45) is 0 Å². The molecule has 0 aromatic carbocycles. The summed E-state index contributed by atoms with van der Waals surface area (Å²) in [6, 6.07) is 0. The highest BCUT2D eigenvalue weighted by Gasteiger charge is 2.59. The van der Waals surface area contributed by atoms with Crippen molar-refractivity contribution in [2.45, 2.75) is 211 Å². The van der Waals surface area contributed by atoms with E-state index in [9.17, 15) is 86.8 Å². The van der Waals surface area contributed by atoms with E-state index in [1.807, 2.05) is 0 Å². The molecule has 0 spiro atoms. The second-order valence-electron chi connectivity index (χ2n) is 18.2. The van der Waals surface area contributed by atoms with Gasteiger partial charge >= 0.3 is 0 Å². The topological polar surface area (TPSA) is 464 Å². The van der Waals surface area contributed by atoms with Crippen LogP contribution < -0.4 is 0 Å². The first kappa shape index (κ1) is 56.5. The molecule has 17 N–H and O–H groups in total. The zero-order valence-electron chi connectivity index (χ0n) is 37.8. The second kappa shape index (κ2) is 24.2. The lowest BCUT2D eigenvalue weighted by molar-refractivity contribution is -0.405. The standard InChI is InChI=1S/C40H68O30/c1-3-10(2)58-34-27(57)40-64-16(9-46)33(34)70-39-26(56)21(51)31(14(7-44)63-39)68-37-24(54)19(49)29(12(5-42)61-37)66-35-22(52)17(47)28(11(4-41)59-35)65-36-23(53)18(48)30(13(6-43)60-36)67-38-25(55)20(50)32(69-40)15(8-45)62-38/h10-57H,3-9H2,1-2H3/t10?,11-,12-,13-,14-,15-,16-,17-,18-,19-,20-,21-,22-,23-,24-,25-,26-,27-,28-,29-,30-,31-,32-,33+,34-,35-,36-,37-,38-,39-,40-/m1/s1. The third-order valence-corrected chi connectivity index (χ3v) is 13.6. The molecule has 0 aromatic rings. The van der Waals surface area contributed by atoms with E-state index in [2.05, 4.69) is 0 Å². The summed E-state index contributed by atoms with van der Waals surface area (Å²) in [7, 11) is 0. The molecule has 1 unspecified atom stereocenters. The predicted octanol–water partition coefficient (Wildman–Crippen LogP) is -11.2. The molecule has 22 aliphatic rings. The third-order valence-electron chi connectivity index (χ3n) is 13.6. The Labute approximate surface area is 398 Å². The molecule has 0 aliphatic carbocycles. The van der Waals surface area contributed by atoms with E-state index in [1.165, 1.54) is 0 Å². The van der Waals surface area contributed by atoms with Crippen LogP contribution in [0.1, 0.15) is 20.3 Å². The fourth-order valence-electron chi connectivity index (χ4n) is 9.43. The van der Waals surface area contributed by atoms with Crippen molar-refractivity contribution in [3.8, 4) is 0 Å². The molecule has 22 rings (SSSR count). The van der Waals surface area contributed by atoms with Crippen LogP contribution in [0.2, 0.25) is 0 Å². The summed E-state index contributed by atoms with van der Waals surface area (Å²) in [5.74, 6) is 0. The fourth-order valence-corrected chi connectivity index (χ4v) is 9.43. The summed E-state index contributed by atoms with van der Waals surface area (Å²) in [6.07, 6.45) is -57.1. The molecule has 22 aliphatic heterocycles. The van der Waals surface area contributed by atoms with Crippen molar-refractivity contribution < 1.29 is 148 Å². The Morgan fingerprint density at radius 2 is 0.500 bits per heavy atom. The minimum Gasteiger partial charge on any atom is -0.394 e. The van der Waals surface area contributed by atoms with Crippen molar-refractivity contribution in [3.63, 3.8) is 0 Å². The number of aliphatic hydroxyl groups is 17. The molecule has 0 aromatic heterocycles. The van der Waals surface area contributed by atoms with Gasteiger partial charge < -0.3 is 148 Å². The monoisotopic (exact) mass is 1030 g/mol. The lowest BCUT2D eigenvalue weighted by Crippen LogP contribution is -2.69. The Bertz CT molecular complexity index is 1600. The zero-order chi connectivity index (χ0) is 51.0. The highest BCUT2D eigenvalue weighted by atomic mass is 16.8. The van der Waals surface area contributed by atoms with Crippen LogP contribution in [-0.2, 0) is 61.6 Å². The van der Waals surface area contributed by atoms with Crippen LogP contribution in [-0.4, -0.2) is 317 Å². The van der Waals surface area contributed by atoms with Crippen LogP contribution in [0.15, 0.2) is 0 Å². The average Bonchev–Trinajstić information content (AvgIpc) is 3.35. The van der Waals surface area contributed by atoms with Crippen LogP contribution in [0, 0.1) is 0 Å².